The molecular weight excluding hydrogens is 366 g/mol. The number of aryl methyl sites for hydroxylation is 1. The maximum atomic E-state index is 12.7. The van der Waals surface area contributed by atoms with Crippen LogP contribution in [0.4, 0.5) is 0 Å². The lowest BCUT2D eigenvalue weighted by Crippen LogP contribution is -2.29. The van der Waals surface area contributed by atoms with E-state index in [1.807, 2.05) is 54.1 Å². The summed E-state index contributed by atoms with van der Waals surface area (Å²) in [7, 11) is 1.88. The lowest BCUT2D eigenvalue weighted by molar-refractivity contribution is 0.0911. The van der Waals surface area contributed by atoms with Crippen molar-refractivity contribution >= 4 is 33.5 Å². The van der Waals surface area contributed by atoms with Gasteiger partial charge in [0.25, 0.3) is 5.91 Å². The zero-order chi connectivity index (χ0) is 20.5. The Balaban J connectivity index is 1.71. The lowest BCUT2D eigenvalue weighted by Gasteiger charge is -2.12. The van der Waals surface area contributed by atoms with Crippen LogP contribution in [0.5, 0.6) is 0 Å². The zero-order valence-electron chi connectivity index (χ0n) is 16.2. The fourth-order valence-corrected chi connectivity index (χ4v) is 3.63. The standard InChI is InChI=1S/C23H21N3O3/c1-14(27)21-22-17(16-10-6-7-11-19(16)26(22)2)12-18(25-21)23(29)24-13-20(28)15-8-4-3-5-9-15/h3-12,20,28H,13H2,1-2H3,(H,24,29)/t20-/m0/s1. The van der Waals surface area contributed by atoms with Gasteiger partial charge in [0.2, 0.25) is 0 Å². The second kappa shape index (κ2) is 7.48. The number of nitrogens with one attached hydrogen (secondary N) is 1. The first-order valence-corrected chi connectivity index (χ1v) is 9.37. The predicted octanol–water partition coefficient (Wildman–Crippen LogP) is 3.39. The molecule has 0 aliphatic carbocycles. The smallest absolute Gasteiger partial charge is 0.270 e. The van der Waals surface area contributed by atoms with Crippen LogP contribution in [0.2, 0.25) is 0 Å². The molecule has 0 radical (unpaired) electrons. The van der Waals surface area contributed by atoms with Gasteiger partial charge < -0.3 is 15.0 Å². The molecule has 6 heteroatoms. The summed E-state index contributed by atoms with van der Waals surface area (Å²) in [6.45, 7) is 1.49. The summed E-state index contributed by atoms with van der Waals surface area (Å²) in [5.41, 5.74) is 2.80. The Hall–Kier alpha value is -3.51. The van der Waals surface area contributed by atoms with Gasteiger partial charge in [-0.2, -0.15) is 0 Å². The fraction of sp³-hybridized carbons (Fsp3) is 0.174. The summed E-state index contributed by atoms with van der Waals surface area (Å²) < 4.78 is 1.93. The molecule has 146 valence electrons. The maximum Gasteiger partial charge on any atom is 0.270 e. The van der Waals surface area contributed by atoms with Crippen LogP contribution >= 0.6 is 0 Å². The Morgan fingerprint density at radius 1 is 1.07 bits per heavy atom. The molecule has 2 aromatic carbocycles. The van der Waals surface area contributed by atoms with E-state index in [4.69, 9.17) is 0 Å². The minimum atomic E-state index is -0.825. The number of aromatic nitrogens is 2. The van der Waals surface area contributed by atoms with Crippen LogP contribution in [0, 0.1) is 0 Å². The molecule has 1 amide bonds. The molecule has 1 atom stereocenters. The van der Waals surface area contributed by atoms with Crippen molar-refractivity contribution in [3.8, 4) is 0 Å². The van der Waals surface area contributed by atoms with Gasteiger partial charge in [0.1, 0.15) is 11.4 Å². The molecule has 2 N–H and O–H groups in total. The van der Waals surface area contributed by atoms with Crippen LogP contribution in [0.1, 0.15) is 39.6 Å². The third-order valence-corrected chi connectivity index (χ3v) is 5.09. The molecular formula is C23H21N3O3. The van der Waals surface area contributed by atoms with Gasteiger partial charge in [-0.1, -0.05) is 48.5 Å². The van der Waals surface area contributed by atoms with Gasteiger partial charge in [-0.15, -0.1) is 0 Å². The summed E-state index contributed by atoms with van der Waals surface area (Å²) in [4.78, 5) is 29.3. The number of aliphatic hydroxyl groups is 1. The number of ketones is 1. The van der Waals surface area contributed by atoms with E-state index in [2.05, 4.69) is 10.3 Å². The van der Waals surface area contributed by atoms with Crippen LogP contribution in [-0.4, -0.2) is 32.9 Å². The quantitative estimate of drug-likeness (QED) is 0.514. The van der Waals surface area contributed by atoms with Crippen molar-refractivity contribution in [2.45, 2.75) is 13.0 Å². The number of benzene rings is 2. The number of pyridine rings is 1. The number of aliphatic hydroxyl groups excluding tert-OH is 1. The van der Waals surface area contributed by atoms with Crippen LogP contribution in [0.3, 0.4) is 0 Å². The maximum absolute atomic E-state index is 12.7. The van der Waals surface area contributed by atoms with Crippen LogP contribution in [0.25, 0.3) is 21.8 Å². The monoisotopic (exact) mass is 387 g/mol. The molecule has 0 saturated heterocycles. The van der Waals surface area contributed by atoms with Gasteiger partial charge in [0, 0.05) is 36.8 Å². The number of carbonyl (C=O) groups excluding carboxylic acids is 2. The second-order valence-corrected chi connectivity index (χ2v) is 7.02. The van der Waals surface area contributed by atoms with E-state index in [-0.39, 0.29) is 23.7 Å². The molecule has 2 heterocycles. The minimum absolute atomic E-state index is 0.0491. The molecule has 0 bridgehead atoms. The SMILES string of the molecule is CC(=O)c1nc(C(=O)NC[C@H](O)c2ccccc2)cc2c3ccccc3n(C)c12. The van der Waals surface area contributed by atoms with Crippen molar-refractivity contribution in [3.63, 3.8) is 0 Å². The topological polar surface area (TPSA) is 84.2 Å². The van der Waals surface area contributed by atoms with Crippen molar-refractivity contribution in [3.05, 3.63) is 77.6 Å². The minimum Gasteiger partial charge on any atom is -0.387 e. The van der Waals surface area contributed by atoms with Gasteiger partial charge in [0.15, 0.2) is 5.78 Å². The van der Waals surface area contributed by atoms with Crippen molar-refractivity contribution in [2.24, 2.45) is 7.05 Å². The molecule has 0 spiro atoms. The zero-order valence-corrected chi connectivity index (χ0v) is 16.2. The summed E-state index contributed by atoms with van der Waals surface area (Å²) in [5.74, 6) is -0.641. The molecule has 0 saturated carbocycles. The van der Waals surface area contributed by atoms with E-state index in [9.17, 15) is 14.7 Å². The molecule has 0 aliphatic rings. The molecule has 29 heavy (non-hydrogen) atoms. The second-order valence-electron chi connectivity index (χ2n) is 7.02. The third kappa shape index (κ3) is 3.39. The van der Waals surface area contributed by atoms with E-state index in [0.29, 0.717) is 5.52 Å². The number of nitrogens with zero attached hydrogens (tertiary/aromatic N) is 2. The van der Waals surface area contributed by atoms with Crippen LogP contribution < -0.4 is 5.32 Å². The highest BCUT2D eigenvalue weighted by Crippen LogP contribution is 2.30. The Labute approximate surface area is 167 Å². The predicted molar refractivity (Wildman–Crippen MR) is 112 cm³/mol. The summed E-state index contributed by atoms with van der Waals surface area (Å²) in [6.07, 6.45) is -0.825. The number of carbonyl (C=O) groups is 2. The summed E-state index contributed by atoms with van der Waals surface area (Å²) in [6, 6.07) is 18.6. The fourth-order valence-electron chi connectivity index (χ4n) is 3.63. The van der Waals surface area contributed by atoms with E-state index < -0.39 is 12.0 Å². The van der Waals surface area contributed by atoms with Crippen LogP contribution in [-0.2, 0) is 7.05 Å². The molecule has 0 fully saturated rings. The van der Waals surface area contributed by atoms with Crippen molar-refractivity contribution < 1.29 is 14.7 Å². The van der Waals surface area contributed by atoms with E-state index >= 15 is 0 Å². The van der Waals surface area contributed by atoms with Crippen LogP contribution in [0.15, 0.2) is 60.7 Å². The van der Waals surface area contributed by atoms with Crippen molar-refractivity contribution in [1.82, 2.24) is 14.9 Å². The number of fused-ring (bicyclic) bond motifs is 3. The molecule has 4 aromatic rings. The number of amides is 1. The number of hydrogen-bond donors (Lipinski definition) is 2. The number of Topliss-reactive ketones (excluding diaryl/α,β-unsaturated/α-hetero) is 1. The highest BCUT2D eigenvalue weighted by molar-refractivity contribution is 6.16. The van der Waals surface area contributed by atoms with E-state index in [1.165, 1.54) is 6.92 Å². The van der Waals surface area contributed by atoms with Gasteiger partial charge in [0.05, 0.1) is 11.6 Å². The van der Waals surface area contributed by atoms with Gasteiger partial charge in [-0.05, 0) is 17.7 Å². The molecule has 4 rings (SSSR count). The molecule has 6 nitrogen and oxygen atoms in total. The Morgan fingerprint density at radius 3 is 2.48 bits per heavy atom. The molecule has 2 aromatic heterocycles. The van der Waals surface area contributed by atoms with Crippen molar-refractivity contribution in [1.29, 1.82) is 0 Å². The first-order chi connectivity index (χ1) is 14.0. The van der Waals surface area contributed by atoms with Gasteiger partial charge in [-0.3, -0.25) is 9.59 Å². The Kier molecular flexibility index (Phi) is 4.86. The average Bonchev–Trinajstić information content (AvgIpc) is 3.04. The first-order valence-electron chi connectivity index (χ1n) is 9.37. The normalized spacial score (nSPS) is 12.2. The first kappa shape index (κ1) is 18.8. The highest BCUT2D eigenvalue weighted by Gasteiger charge is 2.20. The average molecular weight is 387 g/mol. The Morgan fingerprint density at radius 2 is 1.76 bits per heavy atom. The summed E-state index contributed by atoms with van der Waals surface area (Å²) >= 11 is 0. The highest BCUT2D eigenvalue weighted by atomic mass is 16.3. The molecule has 0 unspecified atom stereocenters. The number of para-hydroxylation sites is 1. The molecule has 0 aliphatic heterocycles. The lowest BCUT2D eigenvalue weighted by atomic mass is 10.1. The van der Waals surface area contributed by atoms with Crippen molar-refractivity contribution in [2.75, 3.05) is 6.54 Å². The number of rotatable bonds is 5. The van der Waals surface area contributed by atoms with E-state index in [0.717, 1.165) is 21.9 Å². The number of hydrogen-bond acceptors (Lipinski definition) is 4. The largest absolute Gasteiger partial charge is 0.387 e. The Bertz CT molecular complexity index is 1230. The van der Waals surface area contributed by atoms with Gasteiger partial charge in [-0.25, -0.2) is 4.98 Å². The van der Waals surface area contributed by atoms with Gasteiger partial charge >= 0.3 is 0 Å². The van der Waals surface area contributed by atoms with E-state index in [1.54, 1.807) is 18.2 Å². The third-order valence-electron chi connectivity index (χ3n) is 5.09. The summed E-state index contributed by atoms with van der Waals surface area (Å²) in [5, 5.41) is 14.8.